The Morgan fingerprint density at radius 3 is 2.48 bits per heavy atom. The van der Waals surface area contributed by atoms with Gasteiger partial charge in [0.2, 0.25) is 5.91 Å². The zero-order valence-corrected chi connectivity index (χ0v) is 14.7. The first-order valence-electron chi connectivity index (χ1n) is 8.51. The molecule has 25 heavy (non-hydrogen) atoms. The van der Waals surface area contributed by atoms with Crippen LogP contribution in [-0.2, 0) is 17.8 Å². The molecule has 1 amide bonds. The normalized spacial score (nSPS) is 15.4. The van der Waals surface area contributed by atoms with Crippen molar-refractivity contribution < 1.29 is 4.79 Å². The molecule has 0 fully saturated rings. The van der Waals surface area contributed by atoms with E-state index in [-0.39, 0.29) is 11.9 Å². The fourth-order valence-corrected chi connectivity index (χ4v) is 4.28. The van der Waals surface area contributed by atoms with Gasteiger partial charge in [0.15, 0.2) is 0 Å². The molecular weight excluding hydrogens is 328 g/mol. The monoisotopic (exact) mass is 348 g/mol. The zero-order valence-electron chi connectivity index (χ0n) is 13.9. The van der Waals surface area contributed by atoms with E-state index in [9.17, 15) is 4.79 Å². The Hall–Kier alpha value is -2.43. The first kappa shape index (κ1) is 16.1. The number of hydrogen-bond acceptors (Lipinski definition) is 3. The molecule has 0 aliphatic carbocycles. The lowest BCUT2D eigenvalue weighted by Gasteiger charge is -2.34. The molecule has 0 spiro atoms. The van der Waals surface area contributed by atoms with Crippen LogP contribution in [0.1, 0.15) is 22.0 Å². The number of hydrogen-bond donors (Lipinski definition) is 1. The Balaban J connectivity index is 1.62. The number of rotatable bonds is 4. The lowest BCUT2D eigenvalue weighted by Crippen LogP contribution is -2.40. The molecule has 0 saturated heterocycles. The fourth-order valence-electron chi connectivity index (χ4n) is 3.39. The highest BCUT2D eigenvalue weighted by Gasteiger charge is 2.30. The van der Waals surface area contributed by atoms with Gasteiger partial charge >= 0.3 is 0 Å². The summed E-state index contributed by atoms with van der Waals surface area (Å²) in [5, 5.41) is 5.23. The van der Waals surface area contributed by atoms with E-state index in [0.717, 1.165) is 30.8 Å². The van der Waals surface area contributed by atoms with Gasteiger partial charge in [-0.2, -0.15) is 0 Å². The van der Waals surface area contributed by atoms with E-state index in [2.05, 4.69) is 21.7 Å². The summed E-state index contributed by atoms with van der Waals surface area (Å²) in [4.78, 5) is 16.8. The van der Waals surface area contributed by atoms with Crippen molar-refractivity contribution in [1.82, 2.24) is 4.90 Å². The van der Waals surface area contributed by atoms with Gasteiger partial charge < -0.3 is 5.32 Å². The number of nitrogens with zero attached hydrogens (tertiary/aromatic N) is 1. The summed E-state index contributed by atoms with van der Waals surface area (Å²) in [6.45, 7) is 1.72. The third kappa shape index (κ3) is 3.50. The van der Waals surface area contributed by atoms with Crippen LogP contribution in [0.5, 0.6) is 0 Å². The summed E-state index contributed by atoms with van der Waals surface area (Å²) < 4.78 is 0. The summed E-state index contributed by atoms with van der Waals surface area (Å²) in [5.41, 5.74) is 3.22. The molecule has 1 aliphatic rings. The molecule has 4 heteroatoms. The third-order valence-electron chi connectivity index (χ3n) is 4.61. The lowest BCUT2D eigenvalue weighted by molar-refractivity contribution is -0.121. The minimum absolute atomic E-state index is 0.0241. The zero-order chi connectivity index (χ0) is 17.1. The van der Waals surface area contributed by atoms with Crippen LogP contribution in [0.15, 0.2) is 72.1 Å². The molecule has 0 saturated carbocycles. The second-order valence-corrected chi connectivity index (χ2v) is 7.26. The maximum atomic E-state index is 13.1. The minimum atomic E-state index is -0.283. The van der Waals surface area contributed by atoms with Crippen molar-refractivity contribution in [3.63, 3.8) is 0 Å². The molecule has 0 radical (unpaired) electrons. The van der Waals surface area contributed by atoms with E-state index in [4.69, 9.17) is 0 Å². The Kier molecular flexibility index (Phi) is 4.63. The van der Waals surface area contributed by atoms with Gasteiger partial charge in [0, 0.05) is 23.7 Å². The van der Waals surface area contributed by atoms with Crippen molar-refractivity contribution in [2.75, 3.05) is 11.9 Å². The van der Waals surface area contributed by atoms with Crippen LogP contribution in [0.3, 0.4) is 0 Å². The highest BCUT2D eigenvalue weighted by atomic mass is 32.1. The number of nitrogens with one attached hydrogen (secondary N) is 1. The number of para-hydroxylation sites is 1. The van der Waals surface area contributed by atoms with Gasteiger partial charge in [-0.1, -0.05) is 48.5 Å². The second kappa shape index (κ2) is 7.21. The fraction of sp³-hybridized carbons (Fsp3) is 0.190. The number of benzene rings is 2. The van der Waals surface area contributed by atoms with E-state index in [1.165, 1.54) is 10.4 Å². The Labute approximate surface area is 151 Å². The molecule has 1 N–H and O–H groups in total. The first-order valence-corrected chi connectivity index (χ1v) is 9.39. The molecule has 3 aromatic rings. The van der Waals surface area contributed by atoms with Crippen molar-refractivity contribution in [2.24, 2.45) is 0 Å². The van der Waals surface area contributed by atoms with Gasteiger partial charge in [0.05, 0.1) is 0 Å². The smallest absolute Gasteiger partial charge is 0.246 e. The largest absolute Gasteiger partial charge is 0.324 e. The molecule has 1 aromatic heterocycles. The average molecular weight is 348 g/mol. The van der Waals surface area contributed by atoms with Gasteiger partial charge in [0.25, 0.3) is 0 Å². The predicted octanol–water partition coefficient (Wildman–Crippen LogP) is 4.49. The Bertz CT molecular complexity index is 845. The number of amides is 1. The van der Waals surface area contributed by atoms with Crippen molar-refractivity contribution >= 4 is 22.9 Å². The molecule has 2 aromatic carbocycles. The molecule has 1 aliphatic heterocycles. The Morgan fingerprint density at radius 2 is 1.72 bits per heavy atom. The van der Waals surface area contributed by atoms with E-state index in [0.29, 0.717) is 0 Å². The number of carbonyl (C=O) groups is 1. The van der Waals surface area contributed by atoms with Crippen LogP contribution in [0, 0.1) is 0 Å². The minimum Gasteiger partial charge on any atom is -0.324 e. The van der Waals surface area contributed by atoms with Crippen LogP contribution in [0.25, 0.3) is 0 Å². The van der Waals surface area contributed by atoms with Gasteiger partial charge in [-0.25, -0.2) is 0 Å². The van der Waals surface area contributed by atoms with Crippen molar-refractivity contribution in [1.29, 1.82) is 0 Å². The number of anilines is 1. The van der Waals surface area contributed by atoms with Crippen LogP contribution in [0.4, 0.5) is 5.69 Å². The predicted molar refractivity (Wildman–Crippen MR) is 103 cm³/mol. The first-order chi connectivity index (χ1) is 12.3. The van der Waals surface area contributed by atoms with Gasteiger partial charge in [-0.15, -0.1) is 11.3 Å². The molecule has 126 valence electrons. The van der Waals surface area contributed by atoms with Crippen LogP contribution >= 0.6 is 11.3 Å². The molecule has 0 bridgehead atoms. The van der Waals surface area contributed by atoms with E-state index < -0.39 is 0 Å². The van der Waals surface area contributed by atoms with Crippen LogP contribution in [-0.4, -0.2) is 17.4 Å². The van der Waals surface area contributed by atoms with Gasteiger partial charge in [-0.05, 0) is 41.1 Å². The van der Waals surface area contributed by atoms with Crippen LogP contribution < -0.4 is 5.32 Å². The number of carbonyl (C=O) groups excluding carboxylic acids is 1. The Morgan fingerprint density at radius 1 is 1.00 bits per heavy atom. The highest BCUT2D eigenvalue weighted by molar-refractivity contribution is 7.10. The second-order valence-electron chi connectivity index (χ2n) is 6.26. The maximum absolute atomic E-state index is 13.1. The third-order valence-corrected chi connectivity index (χ3v) is 5.63. The van der Waals surface area contributed by atoms with Crippen molar-refractivity contribution in [3.05, 3.63) is 88.1 Å². The average Bonchev–Trinajstić information content (AvgIpc) is 3.11. The van der Waals surface area contributed by atoms with Gasteiger partial charge in [0.1, 0.15) is 6.04 Å². The molecule has 4 rings (SSSR count). The molecule has 3 nitrogen and oxygen atoms in total. The van der Waals surface area contributed by atoms with Gasteiger partial charge in [-0.3, -0.25) is 9.69 Å². The molecule has 2 heterocycles. The van der Waals surface area contributed by atoms with Crippen LogP contribution in [0.2, 0.25) is 0 Å². The van der Waals surface area contributed by atoms with E-state index in [1.807, 2.05) is 72.0 Å². The SMILES string of the molecule is O=C(Nc1ccccc1)C(c1ccccc1)N1CCc2sccc2C1. The summed E-state index contributed by atoms with van der Waals surface area (Å²) in [6.07, 6.45) is 1.01. The quantitative estimate of drug-likeness (QED) is 0.754. The summed E-state index contributed by atoms with van der Waals surface area (Å²) in [7, 11) is 0. The summed E-state index contributed by atoms with van der Waals surface area (Å²) >= 11 is 1.82. The number of fused-ring (bicyclic) bond motifs is 1. The van der Waals surface area contributed by atoms with Crippen molar-refractivity contribution in [3.8, 4) is 0 Å². The standard InChI is InChI=1S/C21H20N2OS/c24-21(22-18-9-5-2-6-10-18)20(16-7-3-1-4-8-16)23-13-11-19-17(15-23)12-14-25-19/h1-10,12,14,20H,11,13,15H2,(H,22,24). The molecule has 1 atom stereocenters. The van der Waals surface area contributed by atoms with Crippen molar-refractivity contribution in [2.45, 2.75) is 19.0 Å². The maximum Gasteiger partial charge on any atom is 0.246 e. The molecule has 1 unspecified atom stereocenters. The van der Waals surface area contributed by atoms with E-state index in [1.54, 1.807) is 0 Å². The lowest BCUT2D eigenvalue weighted by atomic mass is 10.0. The highest BCUT2D eigenvalue weighted by Crippen LogP contribution is 2.31. The van der Waals surface area contributed by atoms with E-state index >= 15 is 0 Å². The topological polar surface area (TPSA) is 32.3 Å². The molecular formula is C21H20N2OS. The summed E-state index contributed by atoms with van der Waals surface area (Å²) in [5.74, 6) is 0.0241. The summed E-state index contributed by atoms with van der Waals surface area (Å²) in [6, 6.07) is 21.6. The number of thiophene rings is 1.